The molecule has 0 radical (unpaired) electrons. The van der Waals surface area contributed by atoms with E-state index in [1.807, 2.05) is 13.8 Å². The second kappa shape index (κ2) is 11.5. The van der Waals surface area contributed by atoms with Crippen LogP contribution >= 0.6 is 23.2 Å². The van der Waals surface area contributed by atoms with Crippen LogP contribution in [-0.4, -0.2) is 55.6 Å². The molecular formula is C24H29Cl2N3O4S. The molecule has 0 spiro atoms. The van der Waals surface area contributed by atoms with E-state index in [2.05, 4.69) is 5.32 Å². The van der Waals surface area contributed by atoms with Crippen molar-refractivity contribution in [1.82, 2.24) is 9.21 Å². The molecule has 7 nitrogen and oxygen atoms in total. The Morgan fingerprint density at radius 3 is 2.47 bits per heavy atom. The molecule has 1 N–H and O–H groups in total. The van der Waals surface area contributed by atoms with Gasteiger partial charge in [-0.2, -0.15) is 0 Å². The molecule has 1 atom stereocenters. The van der Waals surface area contributed by atoms with Gasteiger partial charge < -0.3 is 10.2 Å². The third kappa shape index (κ3) is 6.30. The second-order valence-electron chi connectivity index (χ2n) is 8.21. The topological polar surface area (TPSA) is 86.8 Å². The summed E-state index contributed by atoms with van der Waals surface area (Å²) in [5, 5.41) is 3.51. The van der Waals surface area contributed by atoms with Gasteiger partial charge in [-0.25, -0.2) is 12.7 Å². The molecule has 0 aliphatic carbocycles. The smallest absolute Gasteiger partial charge is 0.255 e. The molecule has 34 heavy (non-hydrogen) atoms. The zero-order valence-corrected chi connectivity index (χ0v) is 21.6. The van der Waals surface area contributed by atoms with Gasteiger partial charge in [0.2, 0.25) is 15.9 Å². The molecule has 3 rings (SSSR count). The summed E-state index contributed by atoms with van der Waals surface area (Å²) in [5.41, 5.74) is 1.38. The molecule has 0 bridgehead atoms. The Hall–Kier alpha value is -2.13. The number of para-hydroxylation sites is 1. The molecule has 1 aliphatic heterocycles. The van der Waals surface area contributed by atoms with Crippen molar-refractivity contribution in [1.29, 1.82) is 0 Å². The van der Waals surface area contributed by atoms with Crippen molar-refractivity contribution in [2.24, 2.45) is 5.92 Å². The predicted molar refractivity (Wildman–Crippen MR) is 136 cm³/mol. The molecule has 0 saturated carbocycles. The number of carbonyl (C=O) groups excluding carboxylic acids is 2. The Labute approximate surface area is 211 Å². The number of hydrogen-bond donors (Lipinski definition) is 1. The number of amides is 2. The van der Waals surface area contributed by atoms with Gasteiger partial charge >= 0.3 is 0 Å². The predicted octanol–water partition coefficient (Wildman–Crippen LogP) is 4.66. The number of piperidine rings is 1. The highest BCUT2D eigenvalue weighted by atomic mass is 35.5. The Morgan fingerprint density at radius 2 is 1.79 bits per heavy atom. The Morgan fingerprint density at radius 1 is 1.09 bits per heavy atom. The van der Waals surface area contributed by atoms with Crippen molar-refractivity contribution in [3.05, 3.63) is 63.6 Å². The van der Waals surface area contributed by atoms with E-state index < -0.39 is 15.9 Å². The van der Waals surface area contributed by atoms with Gasteiger partial charge in [0.25, 0.3) is 5.91 Å². The van der Waals surface area contributed by atoms with Crippen molar-refractivity contribution >= 4 is 50.7 Å². The Bertz CT molecular complexity index is 1150. The van der Waals surface area contributed by atoms with Crippen molar-refractivity contribution in [2.45, 2.75) is 32.4 Å². The third-order valence-electron chi connectivity index (χ3n) is 5.95. The molecule has 2 aromatic rings. The number of sulfonamides is 1. The molecule has 1 fully saturated rings. The van der Waals surface area contributed by atoms with Gasteiger partial charge in [-0.1, -0.05) is 41.4 Å². The maximum atomic E-state index is 13.1. The summed E-state index contributed by atoms with van der Waals surface area (Å²) in [4.78, 5) is 27.6. The van der Waals surface area contributed by atoms with Crippen LogP contribution in [0, 0.1) is 5.92 Å². The van der Waals surface area contributed by atoms with Crippen LogP contribution in [0.1, 0.15) is 42.6 Å². The van der Waals surface area contributed by atoms with Gasteiger partial charge in [-0.05, 0) is 56.5 Å². The van der Waals surface area contributed by atoms with E-state index in [0.717, 1.165) is 0 Å². The van der Waals surface area contributed by atoms with Crippen molar-refractivity contribution in [2.75, 3.05) is 31.5 Å². The first-order chi connectivity index (χ1) is 16.2. The van der Waals surface area contributed by atoms with Gasteiger partial charge in [0.15, 0.2) is 0 Å². The Kier molecular flexibility index (Phi) is 8.98. The van der Waals surface area contributed by atoms with Gasteiger partial charge in [0, 0.05) is 26.2 Å². The number of nitrogens with zero attached hydrogens (tertiary/aromatic N) is 2. The van der Waals surface area contributed by atoms with Crippen LogP contribution in [-0.2, 0) is 20.6 Å². The highest BCUT2D eigenvalue weighted by Gasteiger charge is 2.33. The third-order valence-corrected chi connectivity index (χ3v) is 8.50. The minimum Gasteiger partial charge on any atom is -0.339 e. The van der Waals surface area contributed by atoms with Crippen LogP contribution in [0.25, 0.3) is 0 Å². The maximum Gasteiger partial charge on any atom is 0.255 e. The highest BCUT2D eigenvalue weighted by molar-refractivity contribution is 7.88. The van der Waals surface area contributed by atoms with E-state index in [4.69, 9.17) is 23.2 Å². The highest BCUT2D eigenvalue weighted by Crippen LogP contribution is 2.27. The summed E-state index contributed by atoms with van der Waals surface area (Å²) in [7, 11) is -3.65. The lowest BCUT2D eigenvalue weighted by Crippen LogP contribution is -2.44. The minimum absolute atomic E-state index is 0.0850. The van der Waals surface area contributed by atoms with E-state index in [1.54, 1.807) is 47.4 Å². The number of carbonyl (C=O) groups is 2. The molecule has 1 aliphatic rings. The molecule has 10 heteroatoms. The van der Waals surface area contributed by atoms with Crippen LogP contribution in [0.15, 0.2) is 42.5 Å². The van der Waals surface area contributed by atoms with Crippen LogP contribution in [0.2, 0.25) is 10.0 Å². The minimum atomic E-state index is -3.65. The van der Waals surface area contributed by atoms with Crippen LogP contribution < -0.4 is 5.32 Å². The summed E-state index contributed by atoms with van der Waals surface area (Å²) >= 11 is 11.9. The Balaban J connectivity index is 1.71. The molecule has 184 valence electrons. The van der Waals surface area contributed by atoms with Crippen LogP contribution in [0.5, 0.6) is 0 Å². The average molecular weight is 526 g/mol. The number of anilines is 1. The normalized spacial score (nSPS) is 16.8. The second-order valence-corrected chi connectivity index (χ2v) is 11.0. The number of halogens is 2. The zero-order valence-electron chi connectivity index (χ0n) is 19.3. The molecular weight excluding hydrogens is 497 g/mol. The lowest BCUT2D eigenvalue weighted by Gasteiger charge is -2.31. The molecule has 1 saturated heterocycles. The summed E-state index contributed by atoms with van der Waals surface area (Å²) in [6, 6.07) is 11.6. The number of nitrogens with one attached hydrogen (secondary N) is 1. The lowest BCUT2D eigenvalue weighted by atomic mass is 9.98. The summed E-state index contributed by atoms with van der Waals surface area (Å²) in [6.07, 6.45) is 1.13. The van der Waals surface area contributed by atoms with E-state index in [-0.39, 0.29) is 24.1 Å². The van der Waals surface area contributed by atoms with E-state index in [1.165, 1.54) is 4.31 Å². The first-order valence-electron chi connectivity index (χ1n) is 11.3. The quantitative estimate of drug-likeness (QED) is 0.543. The average Bonchev–Trinajstić information content (AvgIpc) is 2.82. The lowest BCUT2D eigenvalue weighted by molar-refractivity contribution is -0.120. The number of hydrogen-bond acceptors (Lipinski definition) is 4. The van der Waals surface area contributed by atoms with Crippen molar-refractivity contribution < 1.29 is 18.0 Å². The van der Waals surface area contributed by atoms with Gasteiger partial charge in [-0.15, -0.1) is 0 Å². The SMILES string of the molecule is CCN(CC)C(=O)c1ccccc1NC(=O)C1CCCN(S(=O)(=O)Cc2ccc(Cl)c(Cl)c2)C1. The first kappa shape index (κ1) is 26.5. The zero-order chi connectivity index (χ0) is 24.9. The molecule has 0 aromatic heterocycles. The number of rotatable bonds is 8. The first-order valence-corrected chi connectivity index (χ1v) is 13.6. The molecule has 2 aromatic carbocycles. The largest absolute Gasteiger partial charge is 0.339 e. The van der Waals surface area contributed by atoms with Crippen LogP contribution in [0.4, 0.5) is 5.69 Å². The van der Waals surface area contributed by atoms with E-state index in [0.29, 0.717) is 59.3 Å². The van der Waals surface area contributed by atoms with Crippen molar-refractivity contribution in [3.63, 3.8) is 0 Å². The van der Waals surface area contributed by atoms with E-state index in [9.17, 15) is 18.0 Å². The summed E-state index contributed by atoms with van der Waals surface area (Å²) < 4.78 is 27.4. The van der Waals surface area contributed by atoms with Crippen molar-refractivity contribution in [3.8, 4) is 0 Å². The van der Waals surface area contributed by atoms with Gasteiger partial charge in [-0.3, -0.25) is 9.59 Å². The number of benzene rings is 2. The molecule has 1 heterocycles. The fourth-order valence-electron chi connectivity index (χ4n) is 4.03. The summed E-state index contributed by atoms with van der Waals surface area (Å²) in [6.45, 7) is 5.36. The van der Waals surface area contributed by atoms with Gasteiger partial charge in [0.05, 0.1) is 33.0 Å². The monoisotopic (exact) mass is 525 g/mol. The standard InChI is InChI=1S/C24H29Cl2N3O4S/c1-3-28(4-2)24(31)19-9-5-6-10-22(19)27-23(30)18-8-7-13-29(15-18)34(32,33)16-17-11-12-20(25)21(26)14-17/h5-6,9-12,14,18H,3-4,7-8,13,15-16H2,1-2H3,(H,27,30). The maximum absolute atomic E-state index is 13.1. The van der Waals surface area contributed by atoms with Crippen LogP contribution in [0.3, 0.4) is 0 Å². The fraction of sp³-hybridized carbons (Fsp3) is 0.417. The molecule has 1 unspecified atom stereocenters. The van der Waals surface area contributed by atoms with Gasteiger partial charge in [0.1, 0.15) is 0 Å². The molecule has 2 amide bonds. The fourth-order valence-corrected chi connectivity index (χ4v) is 5.95. The summed E-state index contributed by atoms with van der Waals surface area (Å²) in [5.74, 6) is -1.20. The van der Waals surface area contributed by atoms with E-state index >= 15 is 0 Å².